The number of hydrogen-bond acceptors (Lipinski definition) is 5. The number of ether oxygens (including phenoxy) is 1. The van der Waals surface area contributed by atoms with Crippen LogP contribution in [0.3, 0.4) is 0 Å². The van der Waals surface area contributed by atoms with Gasteiger partial charge in [-0.2, -0.15) is 0 Å². The lowest BCUT2D eigenvalue weighted by molar-refractivity contribution is -0.117. The number of hydrogen-bond donors (Lipinski definition) is 1. The third-order valence-corrected chi connectivity index (χ3v) is 5.18. The Labute approximate surface area is 156 Å². The normalized spacial score (nSPS) is 10.8. The van der Waals surface area contributed by atoms with Gasteiger partial charge in [-0.25, -0.2) is 4.79 Å². The average Bonchev–Trinajstić information content (AvgIpc) is 2.82. The predicted molar refractivity (Wildman–Crippen MR) is 102 cm³/mol. The van der Waals surface area contributed by atoms with Crippen molar-refractivity contribution in [1.82, 2.24) is 4.90 Å². The Balaban J connectivity index is 2.01. The zero-order valence-corrected chi connectivity index (χ0v) is 16.3. The van der Waals surface area contributed by atoms with Crippen molar-refractivity contribution in [3.8, 4) is 0 Å². The lowest BCUT2D eigenvalue weighted by Gasteiger charge is -2.16. The fourth-order valence-corrected chi connectivity index (χ4v) is 3.62. The average molecular weight is 381 g/mol. The Morgan fingerprint density at radius 3 is 2.48 bits per heavy atom. The molecule has 7 heteroatoms. The molecule has 1 N–H and O–H groups in total. The molecule has 0 unspecified atom stereocenters. The van der Waals surface area contributed by atoms with E-state index in [0.29, 0.717) is 22.1 Å². The summed E-state index contributed by atoms with van der Waals surface area (Å²) in [6, 6.07) is 7.51. The number of aryl methyl sites for hydroxylation is 1. The highest BCUT2D eigenvalue weighted by molar-refractivity contribution is 7.16. The third-order valence-electron chi connectivity index (χ3n) is 3.81. The molecule has 0 aliphatic carbocycles. The van der Waals surface area contributed by atoms with Gasteiger partial charge in [-0.15, -0.1) is 11.3 Å². The van der Waals surface area contributed by atoms with Crippen LogP contribution in [-0.4, -0.2) is 37.5 Å². The smallest absolute Gasteiger partial charge is 0.341 e. The monoisotopic (exact) mass is 380 g/mol. The van der Waals surface area contributed by atoms with Gasteiger partial charge in [0.25, 0.3) is 0 Å². The van der Waals surface area contributed by atoms with Crippen molar-refractivity contribution in [3.63, 3.8) is 0 Å². The van der Waals surface area contributed by atoms with Gasteiger partial charge in [0.2, 0.25) is 5.91 Å². The second-order valence-electron chi connectivity index (χ2n) is 5.83. The number of rotatable bonds is 6. The van der Waals surface area contributed by atoms with Crippen LogP contribution in [0.1, 0.15) is 26.4 Å². The third kappa shape index (κ3) is 5.04. The molecule has 0 atom stereocenters. The Morgan fingerprint density at radius 1 is 1.24 bits per heavy atom. The molecule has 0 radical (unpaired) electrons. The topological polar surface area (TPSA) is 58.6 Å². The quantitative estimate of drug-likeness (QED) is 0.773. The highest BCUT2D eigenvalue weighted by Gasteiger charge is 2.21. The first-order valence-electron chi connectivity index (χ1n) is 7.73. The number of halogens is 1. The molecule has 25 heavy (non-hydrogen) atoms. The van der Waals surface area contributed by atoms with Gasteiger partial charge in [0.1, 0.15) is 5.00 Å². The molecule has 0 saturated carbocycles. The molecular formula is C18H21ClN2O3S. The summed E-state index contributed by atoms with van der Waals surface area (Å²) in [5.74, 6) is -0.616. The number of amides is 1. The number of carbonyl (C=O) groups excluding carboxylic acids is 2. The fraction of sp³-hybridized carbons (Fsp3) is 0.333. The minimum Gasteiger partial charge on any atom is -0.465 e. The van der Waals surface area contributed by atoms with E-state index in [1.54, 1.807) is 0 Å². The van der Waals surface area contributed by atoms with Gasteiger partial charge in [-0.1, -0.05) is 23.7 Å². The number of likely N-dealkylation sites (N-methyl/N-ethyl adjacent to an activating group) is 1. The minimum absolute atomic E-state index is 0.178. The SMILES string of the molecule is COC(=O)c1c(NC(=O)CN(C)Cc2ccc(Cl)cc2)sc(C)c1C. The zero-order chi connectivity index (χ0) is 18.6. The van der Waals surface area contributed by atoms with E-state index < -0.39 is 5.97 Å². The molecule has 0 bridgehead atoms. The van der Waals surface area contributed by atoms with E-state index in [1.165, 1.54) is 18.4 Å². The second-order valence-corrected chi connectivity index (χ2v) is 7.49. The number of nitrogens with one attached hydrogen (secondary N) is 1. The first-order valence-corrected chi connectivity index (χ1v) is 8.92. The van der Waals surface area contributed by atoms with Crippen LogP contribution in [0.5, 0.6) is 0 Å². The molecule has 0 fully saturated rings. The Morgan fingerprint density at radius 2 is 1.88 bits per heavy atom. The van der Waals surface area contributed by atoms with E-state index >= 15 is 0 Å². The number of benzene rings is 1. The minimum atomic E-state index is -0.438. The first-order chi connectivity index (χ1) is 11.8. The van der Waals surface area contributed by atoms with Crippen molar-refractivity contribution < 1.29 is 14.3 Å². The molecule has 0 saturated heterocycles. The highest BCUT2D eigenvalue weighted by Crippen LogP contribution is 2.32. The molecule has 5 nitrogen and oxygen atoms in total. The standard InChI is InChI=1S/C18H21ClN2O3S/c1-11-12(2)25-17(16(11)18(23)24-4)20-15(22)10-21(3)9-13-5-7-14(19)8-6-13/h5-8H,9-10H2,1-4H3,(H,20,22). The lowest BCUT2D eigenvalue weighted by Crippen LogP contribution is -2.30. The summed E-state index contributed by atoms with van der Waals surface area (Å²) in [5.41, 5.74) is 2.33. The van der Waals surface area contributed by atoms with Crippen molar-refractivity contribution >= 4 is 39.8 Å². The van der Waals surface area contributed by atoms with Gasteiger partial charge in [0, 0.05) is 16.4 Å². The first kappa shape index (κ1) is 19.4. The Bertz CT molecular complexity index is 771. The molecule has 0 aliphatic rings. The summed E-state index contributed by atoms with van der Waals surface area (Å²) >= 11 is 7.26. The number of carbonyl (C=O) groups is 2. The zero-order valence-electron chi connectivity index (χ0n) is 14.7. The predicted octanol–water partition coefficient (Wildman–Crippen LogP) is 3.88. The van der Waals surface area contributed by atoms with Crippen molar-refractivity contribution in [2.45, 2.75) is 20.4 Å². The van der Waals surface area contributed by atoms with E-state index in [2.05, 4.69) is 5.32 Å². The van der Waals surface area contributed by atoms with Gasteiger partial charge in [0.15, 0.2) is 0 Å². The maximum absolute atomic E-state index is 12.3. The van der Waals surface area contributed by atoms with E-state index in [-0.39, 0.29) is 12.5 Å². The van der Waals surface area contributed by atoms with E-state index in [9.17, 15) is 9.59 Å². The molecular weight excluding hydrogens is 360 g/mol. The summed E-state index contributed by atoms with van der Waals surface area (Å²) in [7, 11) is 3.20. The number of methoxy groups -OCH3 is 1. The fourth-order valence-electron chi connectivity index (χ4n) is 2.43. The summed E-state index contributed by atoms with van der Waals surface area (Å²) in [6.07, 6.45) is 0. The maximum atomic E-state index is 12.3. The van der Waals surface area contributed by atoms with Gasteiger partial charge in [0.05, 0.1) is 19.2 Å². The van der Waals surface area contributed by atoms with E-state index in [4.69, 9.17) is 16.3 Å². The highest BCUT2D eigenvalue weighted by atomic mass is 35.5. The number of nitrogens with zero attached hydrogens (tertiary/aromatic N) is 1. The summed E-state index contributed by atoms with van der Waals surface area (Å²) in [6.45, 7) is 4.59. The van der Waals surface area contributed by atoms with Crippen molar-refractivity contribution in [1.29, 1.82) is 0 Å². The Hall–Kier alpha value is -1.89. The molecule has 1 heterocycles. The Kier molecular flexibility index (Phi) is 6.58. The van der Waals surface area contributed by atoms with Crippen molar-refractivity contribution in [3.05, 3.63) is 50.9 Å². The summed E-state index contributed by atoms with van der Waals surface area (Å²) < 4.78 is 4.82. The molecule has 0 spiro atoms. The van der Waals surface area contributed by atoms with Crippen LogP contribution in [0.2, 0.25) is 5.02 Å². The van der Waals surface area contributed by atoms with E-state index in [0.717, 1.165) is 16.0 Å². The molecule has 1 aromatic carbocycles. The van der Waals surface area contributed by atoms with Gasteiger partial charge in [-0.3, -0.25) is 9.69 Å². The van der Waals surface area contributed by atoms with E-state index in [1.807, 2.05) is 50.1 Å². The van der Waals surface area contributed by atoms with Crippen LogP contribution in [0.15, 0.2) is 24.3 Å². The van der Waals surface area contributed by atoms with Crippen molar-refractivity contribution in [2.75, 3.05) is 26.0 Å². The van der Waals surface area contributed by atoms with Crippen LogP contribution in [0.25, 0.3) is 0 Å². The molecule has 0 aliphatic heterocycles. The molecule has 2 rings (SSSR count). The van der Waals surface area contributed by atoms with Crippen molar-refractivity contribution in [2.24, 2.45) is 0 Å². The number of esters is 1. The summed E-state index contributed by atoms with van der Waals surface area (Å²) in [5, 5.41) is 4.05. The largest absolute Gasteiger partial charge is 0.465 e. The van der Waals surface area contributed by atoms with Crippen LogP contribution < -0.4 is 5.32 Å². The van der Waals surface area contributed by atoms with Crippen LogP contribution >= 0.6 is 22.9 Å². The number of thiophene rings is 1. The van der Waals surface area contributed by atoms with Gasteiger partial charge >= 0.3 is 5.97 Å². The van der Waals surface area contributed by atoms with Crippen LogP contribution in [0, 0.1) is 13.8 Å². The second kappa shape index (κ2) is 8.47. The molecule has 2 aromatic rings. The maximum Gasteiger partial charge on any atom is 0.341 e. The number of anilines is 1. The van der Waals surface area contributed by atoms with Crippen LogP contribution in [0.4, 0.5) is 5.00 Å². The molecule has 134 valence electrons. The lowest BCUT2D eigenvalue weighted by atomic mass is 10.1. The van der Waals surface area contributed by atoms with Crippen LogP contribution in [-0.2, 0) is 16.1 Å². The van der Waals surface area contributed by atoms with Gasteiger partial charge in [-0.05, 0) is 44.2 Å². The summed E-state index contributed by atoms with van der Waals surface area (Å²) in [4.78, 5) is 27.2. The molecule has 1 amide bonds. The molecule has 1 aromatic heterocycles. The van der Waals surface area contributed by atoms with Gasteiger partial charge < -0.3 is 10.1 Å².